The van der Waals surface area contributed by atoms with Crippen LogP contribution in [0.25, 0.3) is 38.8 Å². The summed E-state index contributed by atoms with van der Waals surface area (Å²) in [6.45, 7) is 1.81. The highest BCUT2D eigenvalue weighted by molar-refractivity contribution is 5.98. The summed E-state index contributed by atoms with van der Waals surface area (Å²) < 4.78 is 38.7. The standard InChI is InChI=1S/C40H26F2N2O2/c1-25-24-43(28-9-3-2-4-10-28)37-23-29(17-18-32(37)40(25)45)44-35-19-15-26(41)21-33(35)30-11-5-7-13-38(30)46-39-14-8-6-12-31(39)34-22-27(42)16-20-36(34)44/h2-24H,1H3. The fourth-order valence-corrected chi connectivity index (χ4v) is 6.31. The van der Waals surface area contributed by atoms with Crippen LogP contribution in [-0.2, 0) is 0 Å². The number of rotatable bonds is 2. The first-order valence-corrected chi connectivity index (χ1v) is 14.9. The zero-order valence-corrected chi connectivity index (χ0v) is 24.7. The third kappa shape index (κ3) is 4.54. The van der Waals surface area contributed by atoms with Crippen LogP contribution in [0.1, 0.15) is 5.56 Å². The maximum atomic E-state index is 15.1. The summed E-state index contributed by atoms with van der Waals surface area (Å²) in [5.41, 5.74) is 6.76. The maximum Gasteiger partial charge on any atom is 0.192 e. The second-order valence-corrected chi connectivity index (χ2v) is 11.3. The first-order chi connectivity index (χ1) is 22.5. The molecule has 46 heavy (non-hydrogen) atoms. The molecule has 0 aliphatic carbocycles. The highest BCUT2D eigenvalue weighted by atomic mass is 19.1. The third-order valence-corrected chi connectivity index (χ3v) is 8.43. The van der Waals surface area contributed by atoms with Gasteiger partial charge in [-0.05, 0) is 85.8 Å². The topological polar surface area (TPSA) is 34.5 Å². The number of benzene rings is 6. The van der Waals surface area contributed by atoms with Gasteiger partial charge in [-0.3, -0.25) is 4.79 Å². The zero-order chi connectivity index (χ0) is 31.4. The van der Waals surface area contributed by atoms with E-state index in [2.05, 4.69) is 0 Å². The Morgan fingerprint density at radius 3 is 1.74 bits per heavy atom. The van der Waals surface area contributed by atoms with Gasteiger partial charge in [0.15, 0.2) is 5.43 Å². The first kappa shape index (κ1) is 27.5. The van der Waals surface area contributed by atoms with Crippen LogP contribution in [0.15, 0.2) is 144 Å². The molecule has 6 heteroatoms. The van der Waals surface area contributed by atoms with E-state index >= 15 is 8.78 Å². The van der Waals surface area contributed by atoms with Gasteiger partial charge in [0.05, 0.1) is 16.9 Å². The number of nitrogens with zero attached hydrogens (tertiary/aromatic N) is 2. The second kappa shape index (κ2) is 10.9. The summed E-state index contributed by atoms with van der Waals surface area (Å²) in [5.74, 6) is 0.261. The van der Waals surface area contributed by atoms with Crippen LogP contribution in [0, 0.1) is 18.6 Å². The molecule has 0 saturated carbocycles. The number of halogens is 2. The van der Waals surface area contributed by atoms with E-state index in [-0.39, 0.29) is 5.43 Å². The van der Waals surface area contributed by atoms with Crippen molar-refractivity contribution in [1.82, 2.24) is 4.57 Å². The van der Waals surface area contributed by atoms with Gasteiger partial charge < -0.3 is 14.2 Å². The molecule has 8 rings (SSSR count). The van der Waals surface area contributed by atoms with Crippen LogP contribution in [0.3, 0.4) is 0 Å². The molecule has 0 saturated heterocycles. The van der Waals surface area contributed by atoms with Crippen LogP contribution >= 0.6 is 0 Å². The summed E-state index contributed by atoms with van der Waals surface area (Å²) in [4.78, 5) is 15.4. The van der Waals surface area contributed by atoms with Gasteiger partial charge in [-0.25, -0.2) is 8.78 Å². The molecule has 0 unspecified atom stereocenters. The Labute approximate surface area is 264 Å². The van der Waals surface area contributed by atoms with Gasteiger partial charge in [0.25, 0.3) is 0 Å². The van der Waals surface area contributed by atoms with E-state index in [0.29, 0.717) is 67.3 Å². The number of hydrogen-bond acceptors (Lipinski definition) is 3. The van der Waals surface area contributed by atoms with Gasteiger partial charge in [-0.15, -0.1) is 0 Å². The summed E-state index contributed by atoms with van der Waals surface area (Å²) in [7, 11) is 0. The molecule has 1 aliphatic heterocycles. The Kier molecular flexibility index (Phi) is 6.50. The maximum absolute atomic E-state index is 15.1. The van der Waals surface area contributed by atoms with Crippen molar-refractivity contribution in [1.29, 1.82) is 0 Å². The first-order valence-electron chi connectivity index (χ1n) is 14.9. The molecule has 2 heterocycles. The van der Waals surface area contributed by atoms with Crippen molar-refractivity contribution in [2.24, 2.45) is 0 Å². The van der Waals surface area contributed by atoms with Crippen molar-refractivity contribution in [3.63, 3.8) is 0 Å². The molecule has 4 nitrogen and oxygen atoms in total. The van der Waals surface area contributed by atoms with Crippen molar-refractivity contribution in [2.75, 3.05) is 4.90 Å². The summed E-state index contributed by atoms with van der Waals surface area (Å²) in [5, 5.41) is 0.566. The number of hydrogen-bond donors (Lipinski definition) is 0. The van der Waals surface area contributed by atoms with Gasteiger partial charge in [0.2, 0.25) is 0 Å². The number of para-hydroxylation sites is 3. The molecule has 0 radical (unpaired) electrons. The Hall–Kier alpha value is -6.01. The molecule has 0 atom stereocenters. The van der Waals surface area contributed by atoms with Crippen molar-refractivity contribution >= 4 is 28.0 Å². The number of ether oxygens (including phenoxy) is 1. The van der Waals surface area contributed by atoms with Crippen LogP contribution in [-0.4, -0.2) is 4.57 Å². The monoisotopic (exact) mass is 604 g/mol. The summed E-state index contributed by atoms with van der Waals surface area (Å²) in [6, 6.07) is 39.8. The van der Waals surface area contributed by atoms with Gasteiger partial charge in [-0.1, -0.05) is 54.6 Å². The highest BCUT2D eigenvalue weighted by Crippen LogP contribution is 2.50. The minimum atomic E-state index is -0.405. The van der Waals surface area contributed by atoms with Crippen molar-refractivity contribution in [3.8, 4) is 39.4 Å². The number of aryl methyl sites for hydroxylation is 1. The molecule has 6 aromatic carbocycles. The third-order valence-electron chi connectivity index (χ3n) is 8.43. The number of aromatic nitrogens is 1. The molecule has 222 valence electrons. The molecular formula is C40H26F2N2O2. The molecule has 0 amide bonds. The normalized spacial score (nSPS) is 12.0. The average Bonchev–Trinajstić information content (AvgIpc) is 3.08. The second-order valence-electron chi connectivity index (χ2n) is 11.3. The SMILES string of the molecule is Cc1cn(-c2ccccc2)c2cc(N3c4ccc(F)cc4-c4ccccc4Oc4ccccc4-c4cc(F)ccc43)ccc2c1=O. The van der Waals surface area contributed by atoms with Gasteiger partial charge in [-0.2, -0.15) is 0 Å². The van der Waals surface area contributed by atoms with Crippen LogP contribution < -0.4 is 15.1 Å². The fourth-order valence-electron chi connectivity index (χ4n) is 6.31. The number of fused-ring (bicyclic) bond motifs is 7. The fraction of sp³-hybridized carbons (Fsp3) is 0.0250. The van der Waals surface area contributed by atoms with Gasteiger partial charge in [0, 0.05) is 50.8 Å². The van der Waals surface area contributed by atoms with E-state index in [1.54, 1.807) is 12.1 Å². The lowest BCUT2D eigenvalue weighted by Gasteiger charge is -2.32. The average molecular weight is 605 g/mol. The Morgan fingerprint density at radius 1 is 0.565 bits per heavy atom. The zero-order valence-electron chi connectivity index (χ0n) is 24.7. The number of anilines is 3. The van der Waals surface area contributed by atoms with Gasteiger partial charge >= 0.3 is 0 Å². The minimum absolute atomic E-state index is 0.0559. The quantitative estimate of drug-likeness (QED) is 0.197. The molecule has 0 spiro atoms. The van der Waals surface area contributed by atoms with E-state index in [9.17, 15) is 4.79 Å². The lowest BCUT2D eigenvalue weighted by Crippen LogP contribution is -2.16. The van der Waals surface area contributed by atoms with Crippen molar-refractivity contribution in [3.05, 3.63) is 167 Å². The minimum Gasteiger partial charge on any atom is -0.456 e. The van der Waals surface area contributed by atoms with Crippen LogP contribution in [0.2, 0.25) is 0 Å². The van der Waals surface area contributed by atoms with E-state index in [0.717, 1.165) is 5.69 Å². The molecule has 7 aromatic rings. The Morgan fingerprint density at radius 2 is 1.13 bits per heavy atom. The molecule has 1 aliphatic rings. The molecule has 0 N–H and O–H groups in total. The van der Waals surface area contributed by atoms with E-state index in [4.69, 9.17) is 4.74 Å². The van der Waals surface area contributed by atoms with Crippen molar-refractivity contribution in [2.45, 2.75) is 6.92 Å². The number of pyridine rings is 1. The smallest absolute Gasteiger partial charge is 0.192 e. The lowest BCUT2D eigenvalue weighted by molar-refractivity contribution is 0.486. The predicted molar refractivity (Wildman–Crippen MR) is 180 cm³/mol. The predicted octanol–water partition coefficient (Wildman–Crippen LogP) is 10.5. The Bertz CT molecular complexity index is 2270. The molecule has 0 fully saturated rings. The molecule has 1 aromatic heterocycles. The largest absolute Gasteiger partial charge is 0.456 e. The molecule has 0 bridgehead atoms. The van der Waals surface area contributed by atoms with E-state index < -0.39 is 11.6 Å². The molecular weight excluding hydrogens is 578 g/mol. The summed E-state index contributed by atoms with van der Waals surface area (Å²) in [6.07, 6.45) is 1.85. The van der Waals surface area contributed by atoms with Gasteiger partial charge in [0.1, 0.15) is 23.1 Å². The summed E-state index contributed by atoms with van der Waals surface area (Å²) >= 11 is 0. The van der Waals surface area contributed by atoms with E-state index in [1.165, 1.54) is 24.3 Å². The van der Waals surface area contributed by atoms with Crippen molar-refractivity contribution < 1.29 is 13.5 Å². The lowest BCUT2D eigenvalue weighted by atomic mass is 9.96. The van der Waals surface area contributed by atoms with E-state index in [1.807, 2.05) is 120 Å². The van der Waals surface area contributed by atoms with Crippen LogP contribution in [0.5, 0.6) is 11.5 Å². The van der Waals surface area contributed by atoms with Crippen LogP contribution in [0.4, 0.5) is 25.8 Å². The highest BCUT2D eigenvalue weighted by Gasteiger charge is 2.26. The Balaban J connectivity index is 1.50.